The van der Waals surface area contributed by atoms with Crippen LogP contribution in [-0.2, 0) is 4.74 Å². The van der Waals surface area contributed by atoms with Gasteiger partial charge in [-0.25, -0.2) is 4.79 Å². The number of ether oxygens (including phenoxy) is 1. The van der Waals surface area contributed by atoms with Crippen molar-refractivity contribution in [3.05, 3.63) is 44.8 Å². The van der Waals surface area contributed by atoms with Crippen LogP contribution in [0.5, 0.6) is 0 Å². The van der Waals surface area contributed by atoms with Crippen LogP contribution in [0.2, 0.25) is 5.02 Å². The molecule has 156 valence electrons. The van der Waals surface area contributed by atoms with E-state index in [-0.39, 0.29) is 11.0 Å². The van der Waals surface area contributed by atoms with Gasteiger partial charge in [0.25, 0.3) is 5.91 Å². The zero-order chi connectivity index (χ0) is 21.7. The Morgan fingerprint density at radius 1 is 1.21 bits per heavy atom. The van der Waals surface area contributed by atoms with Gasteiger partial charge < -0.3 is 20.3 Å². The van der Waals surface area contributed by atoms with E-state index in [1.807, 2.05) is 32.9 Å². The molecule has 1 heterocycles. The summed E-state index contributed by atoms with van der Waals surface area (Å²) in [5.74, 6) is -0.652. The molecule has 0 saturated heterocycles. The standard InChI is InChI=1S/C20H24ClN3O3S2/c1-6-24(7-2)18(25)16-12(4)15(19(26)27-5)17(29-16)23-20(28)22-13-9-8-11(3)14(21)10-13/h8-10H,6-7H2,1-5H3,(H2,22,23,28). The van der Waals surface area contributed by atoms with Crippen molar-refractivity contribution in [2.45, 2.75) is 27.7 Å². The Balaban J connectivity index is 2.33. The van der Waals surface area contributed by atoms with Gasteiger partial charge in [0.15, 0.2) is 5.11 Å². The lowest BCUT2D eigenvalue weighted by Crippen LogP contribution is -2.30. The van der Waals surface area contributed by atoms with Gasteiger partial charge in [-0.1, -0.05) is 17.7 Å². The van der Waals surface area contributed by atoms with Crippen molar-refractivity contribution in [1.29, 1.82) is 0 Å². The second-order valence-corrected chi connectivity index (χ2v) is 8.11. The van der Waals surface area contributed by atoms with E-state index in [1.165, 1.54) is 18.4 Å². The summed E-state index contributed by atoms with van der Waals surface area (Å²) in [6.07, 6.45) is 0. The molecule has 0 aliphatic carbocycles. The van der Waals surface area contributed by atoms with Crippen LogP contribution in [-0.4, -0.2) is 42.1 Å². The number of carbonyl (C=O) groups excluding carboxylic acids is 2. The predicted molar refractivity (Wildman–Crippen MR) is 124 cm³/mol. The number of thiocarbonyl (C=S) groups is 1. The monoisotopic (exact) mass is 453 g/mol. The smallest absolute Gasteiger partial charge is 0.341 e. The van der Waals surface area contributed by atoms with Crippen LogP contribution in [0.1, 0.15) is 45.0 Å². The fraction of sp³-hybridized carbons (Fsp3) is 0.350. The van der Waals surface area contributed by atoms with Crippen molar-refractivity contribution in [2.24, 2.45) is 0 Å². The molecular weight excluding hydrogens is 430 g/mol. The highest BCUT2D eigenvalue weighted by Gasteiger charge is 2.27. The summed E-state index contributed by atoms with van der Waals surface area (Å²) in [7, 11) is 1.31. The number of nitrogens with zero attached hydrogens (tertiary/aromatic N) is 1. The van der Waals surface area contributed by atoms with Gasteiger partial charge in [-0.15, -0.1) is 11.3 Å². The summed E-state index contributed by atoms with van der Waals surface area (Å²) in [6, 6.07) is 5.50. The lowest BCUT2D eigenvalue weighted by molar-refractivity contribution is 0.0601. The Kier molecular flexibility index (Phi) is 8.01. The van der Waals surface area contributed by atoms with Crippen LogP contribution in [0, 0.1) is 13.8 Å². The number of benzene rings is 1. The van der Waals surface area contributed by atoms with Gasteiger partial charge in [0.2, 0.25) is 0 Å². The molecule has 6 nitrogen and oxygen atoms in total. The average Bonchev–Trinajstić information content (AvgIpc) is 3.00. The van der Waals surface area contributed by atoms with E-state index in [0.29, 0.717) is 44.8 Å². The highest BCUT2D eigenvalue weighted by molar-refractivity contribution is 7.80. The highest BCUT2D eigenvalue weighted by atomic mass is 35.5. The second-order valence-electron chi connectivity index (χ2n) is 6.27. The lowest BCUT2D eigenvalue weighted by atomic mass is 10.1. The largest absolute Gasteiger partial charge is 0.465 e. The highest BCUT2D eigenvalue weighted by Crippen LogP contribution is 2.34. The topological polar surface area (TPSA) is 70.7 Å². The van der Waals surface area contributed by atoms with Gasteiger partial charge in [0.1, 0.15) is 5.00 Å². The van der Waals surface area contributed by atoms with E-state index in [9.17, 15) is 9.59 Å². The number of amides is 1. The zero-order valence-corrected chi connectivity index (χ0v) is 19.4. The summed E-state index contributed by atoms with van der Waals surface area (Å²) in [5.41, 5.74) is 2.55. The van der Waals surface area contributed by atoms with Crippen LogP contribution < -0.4 is 10.6 Å². The van der Waals surface area contributed by atoms with E-state index in [1.54, 1.807) is 17.9 Å². The van der Waals surface area contributed by atoms with Crippen molar-refractivity contribution in [1.82, 2.24) is 4.90 Å². The van der Waals surface area contributed by atoms with Crippen LogP contribution in [0.3, 0.4) is 0 Å². The summed E-state index contributed by atoms with van der Waals surface area (Å²) >= 11 is 12.7. The zero-order valence-electron chi connectivity index (χ0n) is 17.0. The quantitative estimate of drug-likeness (QED) is 0.468. The van der Waals surface area contributed by atoms with Crippen molar-refractivity contribution >= 4 is 62.8 Å². The fourth-order valence-electron chi connectivity index (χ4n) is 2.74. The molecule has 0 atom stereocenters. The number of hydrogen-bond acceptors (Lipinski definition) is 5. The molecule has 1 aromatic carbocycles. The number of nitrogens with one attached hydrogen (secondary N) is 2. The number of carbonyl (C=O) groups is 2. The predicted octanol–water partition coefficient (Wildman–Crippen LogP) is 5.10. The van der Waals surface area contributed by atoms with Crippen LogP contribution in [0.25, 0.3) is 0 Å². The van der Waals surface area contributed by atoms with Gasteiger partial charge in [0, 0.05) is 23.8 Å². The van der Waals surface area contributed by atoms with Gasteiger partial charge in [-0.05, 0) is 63.2 Å². The first kappa shape index (κ1) is 23.1. The molecule has 0 saturated carbocycles. The fourth-order valence-corrected chi connectivity index (χ4v) is 4.38. The van der Waals surface area contributed by atoms with Crippen molar-refractivity contribution in [2.75, 3.05) is 30.8 Å². The number of halogens is 1. The molecule has 0 radical (unpaired) electrons. The molecule has 2 N–H and O–H groups in total. The Bertz CT molecular complexity index is 939. The maximum Gasteiger partial charge on any atom is 0.341 e. The lowest BCUT2D eigenvalue weighted by Gasteiger charge is -2.18. The van der Waals surface area contributed by atoms with Crippen LogP contribution in [0.15, 0.2) is 18.2 Å². The van der Waals surface area contributed by atoms with E-state index >= 15 is 0 Å². The molecule has 2 rings (SSSR count). The maximum absolute atomic E-state index is 12.8. The first-order valence-corrected chi connectivity index (χ1v) is 10.7. The third kappa shape index (κ3) is 5.26. The summed E-state index contributed by atoms with van der Waals surface area (Å²) in [4.78, 5) is 27.4. The molecule has 9 heteroatoms. The Morgan fingerprint density at radius 3 is 2.41 bits per heavy atom. The van der Waals surface area contributed by atoms with E-state index in [0.717, 1.165) is 5.56 Å². The van der Waals surface area contributed by atoms with Gasteiger partial charge in [-0.2, -0.15) is 0 Å². The second kappa shape index (κ2) is 10.0. The molecule has 1 aromatic heterocycles. The van der Waals surface area contributed by atoms with Crippen LogP contribution >= 0.6 is 35.2 Å². The number of anilines is 2. The van der Waals surface area contributed by atoms with Crippen molar-refractivity contribution < 1.29 is 14.3 Å². The number of methoxy groups -OCH3 is 1. The van der Waals surface area contributed by atoms with Crippen molar-refractivity contribution in [3.63, 3.8) is 0 Å². The van der Waals surface area contributed by atoms with E-state index in [4.69, 9.17) is 28.6 Å². The number of thiophene rings is 1. The molecule has 0 aliphatic rings. The Morgan fingerprint density at radius 2 is 1.86 bits per heavy atom. The minimum atomic E-state index is -0.527. The third-order valence-electron chi connectivity index (χ3n) is 4.44. The normalized spacial score (nSPS) is 10.4. The Hall–Kier alpha value is -2.16. The molecule has 2 aromatic rings. The van der Waals surface area contributed by atoms with E-state index < -0.39 is 5.97 Å². The number of esters is 1. The maximum atomic E-state index is 12.8. The molecule has 0 spiro atoms. The van der Waals surface area contributed by atoms with Crippen LogP contribution in [0.4, 0.5) is 10.7 Å². The molecule has 29 heavy (non-hydrogen) atoms. The summed E-state index contributed by atoms with van der Waals surface area (Å²) in [6.45, 7) is 8.64. The summed E-state index contributed by atoms with van der Waals surface area (Å²) in [5, 5.41) is 7.42. The van der Waals surface area contributed by atoms with Gasteiger partial charge in [0.05, 0.1) is 17.6 Å². The molecule has 1 amide bonds. The van der Waals surface area contributed by atoms with Gasteiger partial charge >= 0.3 is 5.97 Å². The average molecular weight is 454 g/mol. The number of aryl methyl sites for hydroxylation is 1. The number of rotatable bonds is 6. The first-order chi connectivity index (χ1) is 13.7. The minimum absolute atomic E-state index is 0.125. The first-order valence-electron chi connectivity index (χ1n) is 9.08. The minimum Gasteiger partial charge on any atom is -0.465 e. The molecule has 0 bridgehead atoms. The molecular formula is C20H24ClN3O3S2. The van der Waals surface area contributed by atoms with Crippen molar-refractivity contribution in [3.8, 4) is 0 Å². The van der Waals surface area contributed by atoms with E-state index in [2.05, 4.69) is 10.6 Å². The molecule has 0 unspecified atom stereocenters. The number of hydrogen-bond donors (Lipinski definition) is 2. The summed E-state index contributed by atoms with van der Waals surface area (Å²) < 4.78 is 4.91. The molecule has 0 aliphatic heterocycles. The molecule has 0 fully saturated rings. The third-order valence-corrected chi connectivity index (χ3v) is 6.24. The SMILES string of the molecule is CCN(CC)C(=O)c1sc(NC(=S)Nc2ccc(C)c(Cl)c2)c(C(=O)OC)c1C. The van der Waals surface area contributed by atoms with Gasteiger partial charge in [-0.3, -0.25) is 4.79 Å². The Labute approximate surface area is 185 Å².